The maximum atomic E-state index is 11.5. The summed E-state index contributed by atoms with van der Waals surface area (Å²) in [4.78, 5) is 12.2. The summed E-state index contributed by atoms with van der Waals surface area (Å²) >= 11 is 7.21. The molecule has 0 spiro atoms. The number of thiophene rings is 1. The zero-order valence-corrected chi connectivity index (χ0v) is 12.1. The second-order valence-electron chi connectivity index (χ2n) is 4.49. The molecule has 1 aromatic carbocycles. The van der Waals surface area contributed by atoms with Crippen LogP contribution in [0.1, 0.15) is 47.8 Å². The molecule has 2 rings (SSSR count). The molecule has 0 atom stereocenters. The minimum absolute atomic E-state index is 0.318. The Labute approximate surface area is 117 Å². The van der Waals surface area contributed by atoms with Crippen LogP contribution in [-0.2, 0) is 6.42 Å². The van der Waals surface area contributed by atoms with Gasteiger partial charge in [0.05, 0.1) is 4.88 Å². The molecule has 0 N–H and O–H groups in total. The molecule has 0 aliphatic rings. The third-order valence-electron chi connectivity index (χ3n) is 3.16. The third kappa shape index (κ3) is 2.93. The lowest BCUT2D eigenvalue weighted by atomic mass is 10.0. The van der Waals surface area contributed by atoms with Gasteiger partial charge >= 0.3 is 0 Å². The molecule has 0 fully saturated rings. The van der Waals surface area contributed by atoms with Crippen LogP contribution < -0.4 is 0 Å². The highest BCUT2D eigenvalue weighted by molar-refractivity contribution is 7.22. The fourth-order valence-electron chi connectivity index (χ4n) is 2.23. The van der Waals surface area contributed by atoms with E-state index in [2.05, 4.69) is 19.1 Å². The fraction of sp³-hybridized carbons (Fsp3) is 0.400. The Balaban J connectivity index is 2.27. The van der Waals surface area contributed by atoms with Crippen molar-refractivity contribution >= 4 is 38.3 Å². The number of carbonyl (C=O) groups excluding carboxylic acids is 1. The maximum Gasteiger partial charge on any atom is 0.262 e. The van der Waals surface area contributed by atoms with Crippen molar-refractivity contribution in [3.8, 4) is 0 Å². The van der Waals surface area contributed by atoms with Gasteiger partial charge in [-0.15, -0.1) is 11.3 Å². The molecular formula is C15H17ClOS. The minimum Gasteiger partial charge on any atom is -0.275 e. The average molecular weight is 281 g/mol. The van der Waals surface area contributed by atoms with E-state index in [1.54, 1.807) is 0 Å². The molecule has 0 unspecified atom stereocenters. The van der Waals surface area contributed by atoms with E-state index < -0.39 is 0 Å². The fourth-order valence-corrected chi connectivity index (χ4v) is 3.55. The zero-order chi connectivity index (χ0) is 13.0. The van der Waals surface area contributed by atoms with Crippen molar-refractivity contribution in [2.75, 3.05) is 0 Å². The van der Waals surface area contributed by atoms with Gasteiger partial charge in [-0.05, 0) is 41.5 Å². The van der Waals surface area contributed by atoms with Gasteiger partial charge in [0.25, 0.3) is 5.24 Å². The van der Waals surface area contributed by atoms with Crippen LogP contribution in [0.4, 0.5) is 0 Å². The first-order valence-corrected chi connectivity index (χ1v) is 7.63. The molecule has 96 valence electrons. The highest BCUT2D eigenvalue weighted by atomic mass is 35.5. The molecule has 1 aromatic heterocycles. The van der Waals surface area contributed by atoms with E-state index in [1.807, 2.05) is 12.1 Å². The van der Waals surface area contributed by atoms with E-state index in [0.29, 0.717) is 0 Å². The van der Waals surface area contributed by atoms with Gasteiger partial charge in [0, 0.05) is 4.70 Å². The number of halogens is 1. The summed E-state index contributed by atoms with van der Waals surface area (Å²) < 4.78 is 1.16. The molecule has 1 nitrogen and oxygen atoms in total. The quantitative estimate of drug-likeness (QED) is 0.511. The third-order valence-corrected chi connectivity index (χ3v) is 4.67. The van der Waals surface area contributed by atoms with E-state index in [0.717, 1.165) is 28.0 Å². The van der Waals surface area contributed by atoms with Crippen LogP contribution in [0.3, 0.4) is 0 Å². The summed E-state index contributed by atoms with van der Waals surface area (Å²) in [5.74, 6) is 0. The van der Waals surface area contributed by atoms with E-state index in [1.165, 1.54) is 36.0 Å². The molecule has 2 aromatic rings. The summed E-state index contributed by atoms with van der Waals surface area (Å²) in [5, 5.41) is 0.879. The highest BCUT2D eigenvalue weighted by Gasteiger charge is 2.15. The number of benzene rings is 1. The van der Waals surface area contributed by atoms with Gasteiger partial charge in [-0.1, -0.05) is 44.4 Å². The van der Waals surface area contributed by atoms with Gasteiger partial charge in [-0.3, -0.25) is 4.79 Å². The Hall–Kier alpha value is -0.860. The van der Waals surface area contributed by atoms with Gasteiger partial charge in [-0.25, -0.2) is 0 Å². The second-order valence-corrected chi connectivity index (χ2v) is 5.89. The molecule has 1 heterocycles. The van der Waals surface area contributed by atoms with Crippen LogP contribution in [0, 0.1) is 0 Å². The van der Waals surface area contributed by atoms with Gasteiger partial charge < -0.3 is 0 Å². The first-order chi connectivity index (χ1) is 8.74. The van der Waals surface area contributed by atoms with Crippen LogP contribution in [0.15, 0.2) is 24.3 Å². The lowest BCUT2D eigenvalue weighted by Gasteiger charge is -2.02. The van der Waals surface area contributed by atoms with Crippen molar-refractivity contribution in [2.24, 2.45) is 0 Å². The lowest BCUT2D eigenvalue weighted by Crippen LogP contribution is -1.93. The number of hydrogen-bond donors (Lipinski definition) is 0. The monoisotopic (exact) mass is 280 g/mol. The number of hydrogen-bond acceptors (Lipinski definition) is 2. The second kappa shape index (κ2) is 6.35. The van der Waals surface area contributed by atoms with E-state index in [4.69, 9.17) is 11.6 Å². The highest BCUT2D eigenvalue weighted by Crippen LogP contribution is 2.33. The summed E-state index contributed by atoms with van der Waals surface area (Å²) in [5.41, 5.74) is 1.15. The topological polar surface area (TPSA) is 17.1 Å². The molecule has 0 radical (unpaired) electrons. The van der Waals surface area contributed by atoms with Crippen molar-refractivity contribution in [1.29, 1.82) is 0 Å². The molecule has 0 saturated carbocycles. The summed E-state index contributed by atoms with van der Waals surface area (Å²) in [6.45, 7) is 2.20. The Morgan fingerprint density at radius 2 is 2.00 bits per heavy atom. The van der Waals surface area contributed by atoms with Crippen molar-refractivity contribution in [3.05, 3.63) is 34.7 Å². The molecule has 0 aliphatic heterocycles. The normalized spacial score (nSPS) is 11.0. The molecule has 0 saturated heterocycles. The predicted octanol–water partition coefficient (Wildman–Crippen LogP) is 5.40. The number of fused-ring (bicyclic) bond motifs is 1. The lowest BCUT2D eigenvalue weighted by molar-refractivity contribution is 0.108. The van der Waals surface area contributed by atoms with E-state index in [-0.39, 0.29) is 5.24 Å². The van der Waals surface area contributed by atoms with Crippen molar-refractivity contribution < 1.29 is 4.79 Å². The van der Waals surface area contributed by atoms with Gasteiger partial charge in [0.1, 0.15) is 0 Å². The summed E-state index contributed by atoms with van der Waals surface area (Å²) in [7, 11) is 0. The zero-order valence-electron chi connectivity index (χ0n) is 10.5. The Bertz CT molecular complexity index is 544. The molecule has 18 heavy (non-hydrogen) atoms. The first-order valence-electron chi connectivity index (χ1n) is 6.44. The summed E-state index contributed by atoms with van der Waals surface area (Å²) in [6, 6.07) is 8.17. The van der Waals surface area contributed by atoms with Crippen LogP contribution in [0.2, 0.25) is 0 Å². The predicted molar refractivity (Wildman–Crippen MR) is 79.9 cm³/mol. The smallest absolute Gasteiger partial charge is 0.262 e. The largest absolute Gasteiger partial charge is 0.275 e. The maximum absolute atomic E-state index is 11.5. The van der Waals surface area contributed by atoms with Gasteiger partial charge in [-0.2, -0.15) is 0 Å². The van der Waals surface area contributed by atoms with Gasteiger partial charge in [0.2, 0.25) is 0 Å². The Morgan fingerprint density at radius 1 is 1.22 bits per heavy atom. The van der Waals surface area contributed by atoms with E-state index >= 15 is 0 Å². The number of unbranched alkanes of at least 4 members (excludes halogenated alkanes) is 3. The molecule has 0 amide bonds. The molecule has 0 bridgehead atoms. The summed E-state index contributed by atoms with van der Waals surface area (Å²) in [6.07, 6.45) is 5.79. The standard InChI is InChI=1S/C15H17ClOS/c1-2-3-4-5-9-12-11-8-6-7-10-13(11)18-14(12)15(16)17/h6-8,10H,2-5,9H2,1H3. The minimum atomic E-state index is -0.318. The van der Waals surface area contributed by atoms with Crippen molar-refractivity contribution in [3.63, 3.8) is 0 Å². The van der Waals surface area contributed by atoms with Crippen LogP contribution >= 0.6 is 22.9 Å². The van der Waals surface area contributed by atoms with Crippen molar-refractivity contribution in [1.82, 2.24) is 0 Å². The number of rotatable bonds is 6. The average Bonchev–Trinajstić information content (AvgIpc) is 2.74. The number of aryl methyl sites for hydroxylation is 1. The molecule has 0 aliphatic carbocycles. The van der Waals surface area contributed by atoms with Crippen LogP contribution in [0.5, 0.6) is 0 Å². The molecular weight excluding hydrogens is 264 g/mol. The van der Waals surface area contributed by atoms with E-state index in [9.17, 15) is 4.79 Å². The van der Waals surface area contributed by atoms with Crippen LogP contribution in [-0.4, -0.2) is 5.24 Å². The number of carbonyl (C=O) groups is 1. The Kier molecular flexibility index (Phi) is 4.79. The van der Waals surface area contributed by atoms with Crippen LogP contribution in [0.25, 0.3) is 10.1 Å². The van der Waals surface area contributed by atoms with Crippen molar-refractivity contribution in [2.45, 2.75) is 39.0 Å². The molecule has 3 heteroatoms. The van der Waals surface area contributed by atoms with Gasteiger partial charge in [0.15, 0.2) is 0 Å². The SMILES string of the molecule is CCCCCCc1c(C(=O)Cl)sc2ccccc12. The Morgan fingerprint density at radius 3 is 2.72 bits per heavy atom. The first kappa shape index (κ1) is 13.6.